The normalized spacial score (nSPS) is 25.5. The number of aromatic nitrogens is 2. The van der Waals surface area contributed by atoms with Crippen LogP contribution in [0.15, 0.2) is 12.4 Å². The molecule has 2 unspecified atom stereocenters. The summed E-state index contributed by atoms with van der Waals surface area (Å²) in [6.07, 6.45) is 6.71. The molecular formula is C14H26N4. The first-order valence-corrected chi connectivity index (χ1v) is 7.21. The standard InChI is InChI=1S/C14H26N4/c1-4-6-14-11-17(12(3)7-15-14)9-13-8-16-18(5-2)10-13/h8,10,12,14-15H,4-7,9,11H2,1-3H3. The number of hydrogen-bond acceptors (Lipinski definition) is 3. The van der Waals surface area contributed by atoms with Crippen LogP contribution in [0.5, 0.6) is 0 Å². The van der Waals surface area contributed by atoms with Crippen molar-refractivity contribution in [3.63, 3.8) is 0 Å². The predicted octanol–water partition coefficient (Wildman–Crippen LogP) is 1.87. The molecule has 2 atom stereocenters. The first-order chi connectivity index (χ1) is 8.72. The molecule has 1 aliphatic rings. The van der Waals surface area contributed by atoms with Gasteiger partial charge >= 0.3 is 0 Å². The fraction of sp³-hybridized carbons (Fsp3) is 0.786. The highest BCUT2D eigenvalue weighted by Gasteiger charge is 2.24. The van der Waals surface area contributed by atoms with Crippen molar-refractivity contribution in [1.29, 1.82) is 0 Å². The molecule has 4 heteroatoms. The second-order valence-electron chi connectivity index (χ2n) is 5.38. The first kappa shape index (κ1) is 13.6. The Morgan fingerprint density at radius 2 is 2.28 bits per heavy atom. The minimum absolute atomic E-state index is 0.614. The highest BCUT2D eigenvalue weighted by atomic mass is 15.3. The Morgan fingerprint density at radius 1 is 1.44 bits per heavy atom. The van der Waals surface area contributed by atoms with E-state index in [0.29, 0.717) is 12.1 Å². The molecule has 4 nitrogen and oxygen atoms in total. The third kappa shape index (κ3) is 3.33. The van der Waals surface area contributed by atoms with Crippen LogP contribution in [0, 0.1) is 0 Å². The van der Waals surface area contributed by atoms with E-state index >= 15 is 0 Å². The van der Waals surface area contributed by atoms with Crippen molar-refractivity contribution in [3.05, 3.63) is 18.0 Å². The van der Waals surface area contributed by atoms with Crippen molar-refractivity contribution in [2.75, 3.05) is 13.1 Å². The highest BCUT2D eigenvalue weighted by Crippen LogP contribution is 2.14. The Balaban J connectivity index is 1.93. The van der Waals surface area contributed by atoms with Crippen molar-refractivity contribution in [2.45, 2.75) is 58.8 Å². The summed E-state index contributed by atoms with van der Waals surface area (Å²) in [5, 5.41) is 7.99. The summed E-state index contributed by atoms with van der Waals surface area (Å²) in [7, 11) is 0. The number of aryl methyl sites for hydroxylation is 1. The quantitative estimate of drug-likeness (QED) is 0.866. The van der Waals surface area contributed by atoms with E-state index in [1.165, 1.54) is 18.4 Å². The number of nitrogens with one attached hydrogen (secondary N) is 1. The minimum Gasteiger partial charge on any atom is -0.311 e. The van der Waals surface area contributed by atoms with Crippen molar-refractivity contribution in [2.24, 2.45) is 0 Å². The fourth-order valence-corrected chi connectivity index (χ4v) is 2.65. The number of rotatable bonds is 5. The zero-order valence-corrected chi connectivity index (χ0v) is 11.9. The molecule has 102 valence electrons. The van der Waals surface area contributed by atoms with Gasteiger partial charge < -0.3 is 5.32 Å². The van der Waals surface area contributed by atoms with Gasteiger partial charge in [-0.1, -0.05) is 13.3 Å². The maximum absolute atomic E-state index is 4.35. The second-order valence-corrected chi connectivity index (χ2v) is 5.38. The summed E-state index contributed by atoms with van der Waals surface area (Å²) in [5.41, 5.74) is 1.33. The van der Waals surface area contributed by atoms with Gasteiger partial charge in [0, 0.05) is 50.0 Å². The van der Waals surface area contributed by atoms with Crippen molar-refractivity contribution >= 4 is 0 Å². The summed E-state index contributed by atoms with van der Waals surface area (Å²) in [6.45, 7) is 10.9. The lowest BCUT2D eigenvalue weighted by Crippen LogP contribution is -2.54. The summed E-state index contributed by atoms with van der Waals surface area (Å²) >= 11 is 0. The Bertz CT molecular complexity index is 360. The van der Waals surface area contributed by atoms with Crippen LogP contribution in [-0.2, 0) is 13.1 Å². The largest absolute Gasteiger partial charge is 0.311 e. The van der Waals surface area contributed by atoms with Crippen LogP contribution in [-0.4, -0.2) is 39.9 Å². The zero-order chi connectivity index (χ0) is 13.0. The molecule has 0 aromatic carbocycles. The van der Waals surface area contributed by atoms with E-state index in [9.17, 15) is 0 Å². The van der Waals surface area contributed by atoms with Gasteiger partial charge in [-0.3, -0.25) is 9.58 Å². The summed E-state index contributed by atoms with van der Waals surface area (Å²) in [4.78, 5) is 2.58. The van der Waals surface area contributed by atoms with E-state index in [4.69, 9.17) is 0 Å². The molecule has 1 saturated heterocycles. The van der Waals surface area contributed by atoms with E-state index in [2.05, 4.69) is 42.3 Å². The maximum atomic E-state index is 4.35. The van der Waals surface area contributed by atoms with Crippen LogP contribution < -0.4 is 5.32 Å². The molecule has 1 aromatic heterocycles. The van der Waals surface area contributed by atoms with Gasteiger partial charge in [-0.25, -0.2) is 0 Å². The van der Waals surface area contributed by atoms with Crippen LogP contribution in [0.2, 0.25) is 0 Å². The number of hydrogen-bond donors (Lipinski definition) is 1. The fourth-order valence-electron chi connectivity index (χ4n) is 2.65. The Kier molecular flexibility index (Phi) is 4.78. The van der Waals surface area contributed by atoms with Gasteiger partial charge in [-0.05, 0) is 20.3 Å². The second kappa shape index (κ2) is 6.34. The van der Waals surface area contributed by atoms with Crippen LogP contribution in [0.4, 0.5) is 0 Å². The summed E-state index contributed by atoms with van der Waals surface area (Å²) < 4.78 is 2.01. The van der Waals surface area contributed by atoms with Crippen molar-refractivity contribution < 1.29 is 0 Å². The van der Waals surface area contributed by atoms with Crippen molar-refractivity contribution in [1.82, 2.24) is 20.0 Å². The molecule has 2 rings (SSSR count). The molecule has 0 saturated carbocycles. The van der Waals surface area contributed by atoms with Gasteiger partial charge in [-0.2, -0.15) is 5.10 Å². The molecule has 1 aliphatic heterocycles. The topological polar surface area (TPSA) is 33.1 Å². The molecule has 0 spiro atoms. The molecule has 0 amide bonds. The van der Waals surface area contributed by atoms with Crippen LogP contribution in [0.25, 0.3) is 0 Å². The molecule has 1 N–H and O–H groups in total. The lowest BCUT2D eigenvalue weighted by atomic mass is 10.1. The Hall–Kier alpha value is -0.870. The van der Waals surface area contributed by atoms with Crippen molar-refractivity contribution in [3.8, 4) is 0 Å². The van der Waals surface area contributed by atoms with Gasteiger partial charge in [0.1, 0.15) is 0 Å². The molecule has 0 bridgehead atoms. The minimum atomic E-state index is 0.614. The summed E-state index contributed by atoms with van der Waals surface area (Å²) in [5.74, 6) is 0. The first-order valence-electron chi connectivity index (χ1n) is 7.21. The third-order valence-electron chi connectivity index (χ3n) is 3.81. The van der Waals surface area contributed by atoms with Gasteiger partial charge in [-0.15, -0.1) is 0 Å². The third-order valence-corrected chi connectivity index (χ3v) is 3.81. The smallest absolute Gasteiger partial charge is 0.0534 e. The van der Waals surface area contributed by atoms with E-state index in [1.54, 1.807) is 0 Å². The monoisotopic (exact) mass is 250 g/mol. The molecule has 2 heterocycles. The molecule has 18 heavy (non-hydrogen) atoms. The molecule has 0 aliphatic carbocycles. The zero-order valence-electron chi connectivity index (χ0n) is 11.9. The van der Waals surface area contributed by atoms with Crippen LogP contribution >= 0.6 is 0 Å². The Morgan fingerprint density at radius 3 is 2.94 bits per heavy atom. The van der Waals surface area contributed by atoms with E-state index in [-0.39, 0.29) is 0 Å². The summed E-state index contributed by atoms with van der Waals surface area (Å²) in [6, 6.07) is 1.27. The van der Waals surface area contributed by atoms with Gasteiger partial charge in [0.15, 0.2) is 0 Å². The number of nitrogens with zero attached hydrogens (tertiary/aromatic N) is 3. The maximum Gasteiger partial charge on any atom is 0.0534 e. The van der Waals surface area contributed by atoms with Crippen LogP contribution in [0.3, 0.4) is 0 Å². The number of piperazine rings is 1. The van der Waals surface area contributed by atoms with E-state index in [1.807, 2.05) is 10.9 Å². The van der Waals surface area contributed by atoms with E-state index in [0.717, 1.165) is 26.2 Å². The average Bonchev–Trinajstić information content (AvgIpc) is 2.81. The van der Waals surface area contributed by atoms with E-state index < -0.39 is 0 Å². The van der Waals surface area contributed by atoms with Gasteiger partial charge in [0.25, 0.3) is 0 Å². The van der Waals surface area contributed by atoms with Gasteiger partial charge in [0.2, 0.25) is 0 Å². The lowest BCUT2D eigenvalue weighted by Gasteiger charge is -2.38. The molecular weight excluding hydrogens is 224 g/mol. The lowest BCUT2D eigenvalue weighted by molar-refractivity contribution is 0.129. The molecule has 1 fully saturated rings. The molecule has 0 radical (unpaired) electrons. The Labute approximate surface area is 110 Å². The van der Waals surface area contributed by atoms with Crippen LogP contribution in [0.1, 0.15) is 39.2 Å². The SMILES string of the molecule is CCCC1CN(Cc2cnn(CC)c2)C(C)CN1. The average molecular weight is 250 g/mol. The highest BCUT2D eigenvalue weighted by molar-refractivity contribution is 5.04. The molecule has 1 aromatic rings. The predicted molar refractivity (Wildman–Crippen MR) is 74.5 cm³/mol. The van der Waals surface area contributed by atoms with Gasteiger partial charge in [0.05, 0.1) is 6.20 Å².